The number of hydrogen-bond acceptors (Lipinski definition) is 4. The molecule has 1 N–H and O–H groups in total. The number of aryl methyl sites for hydroxylation is 1. The van der Waals surface area contributed by atoms with Crippen LogP contribution in [0.3, 0.4) is 0 Å². The summed E-state index contributed by atoms with van der Waals surface area (Å²) in [7, 11) is 3.62. The van der Waals surface area contributed by atoms with Crippen LogP contribution in [-0.2, 0) is 17.7 Å². The number of aromatic nitrogens is 2. The van der Waals surface area contributed by atoms with Gasteiger partial charge in [-0.25, -0.2) is 9.97 Å². The van der Waals surface area contributed by atoms with E-state index in [4.69, 9.17) is 4.74 Å². The molecule has 0 unspecified atom stereocenters. The van der Waals surface area contributed by atoms with Crippen LogP contribution in [0.15, 0.2) is 12.3 Å². The van der Waals surface area contributed by atoms with Crippen molar-refractivity contribution in [3.8, 4) is 0 Å². The second-order valence-electron chi connectivity index (χ2n) is 3.09. The van der Waals surface area contributed by atoms with Crippen LogP contribution >= 0.6 is 0 Å². The second-order valence-corrected chi connectivity index (χ2v) is 3.09. The highest BCUT2D eigenvalue weighted by Gasteiger charge is 1.98. The number of nitrogens with one attached hydrogen (secondary N) is 1. The van der Waals surface area contributed by atoms with Gasteiger partial charge < -0.3 is 10.1 Å². The molecule has 0 saturated heterocycles. The maximum Gasteiger partial charge on any atom is 0.128 e. The summed E-state index contributed by atoms with van der Waals surface area (Å²) in [6, 6.07) is 1.93. The van der Waals surface area contributed by atoms with Crippen molar-refractivity contribution in [2.45, 2.75) is 19.4 Å². The van der Waals surface area contributed by atoms with E-state index in [1.54, 1.807) is 7.11 Å². The van der Waals surface area contributed by atoms with Crippen molar-refractivity contribution in [1.82, 2.24) is 15.3 Å². The summed E-state index contributed by atoms with van der Waals surface area (Å²) in [5.74, 6) is 0.898. The molecule has 0 aromatic carbocycles. The first-order valence-electron chi connectivity index (χ1n) is 4.81. The SMILES string of the molecule is CNCc1ccnc(CCCOC)n1. The standard InChI is InChI=1S/C10H17N3O/c1-11-8-9-5-6-12-10(13-9)4-3-7-14-2/h5-6,11H,3-4,7-8H2,1-2H3. The molecule has 0 aliphatic rings. The number of hydrogen-bond donors (Lipinski definition) is 1. The molecule has 0 fully saturated rings. The zero-order chi connectivity index (χ0) is 10.2. The number of rotatable bonds is 6. The van der Waals surface area contributed by atoms with Gasteiger partial charge in [0.2, 0.25) is 0 Å². The third-order valence-electron chi connectivity index (χ3n) is 1.87. The predicted molar refractivity (Wildman–Crippen MR) is 55.0 cm³/mol. The Balaban J connectivity index is 2.46. The van der Waals surface area contributed by atoms with E-state index in [-0.39, 0.29) is 0 Å². The molecule has 0 radical (unpaired) electrons. The first kappa shape index (κ1) is 11.1. The molecule has 4 nitrogen and oxygen atoms in total. The number of nitrogens with zero attached hydrogens (tertiary/aromatic N) is 2. The van der Waals surface area contributed by atoms with Gasteiger partial charge >= 0.3 is 0 Å². The van der Waals surface area contributed by atoms with Crippen LogP contribution in [-0.4, -0.2) is 30.7 Å². The van der Waals surface area contributed by atoms with Crippen LogP contribution in [0.25, 0.3) is 0 Å². The molecule has 0 amide bonds. The van der Waals surface area contributed by atoms with Gasteiger partial charge in [-0.05, 0) is 19.5 Å². The molecule has 78 valence electrons. The van der Waals surface area contributed by atoms with Gasteiger partial charge in [0.25, 0.3) is 0 Å². The average Bonchev–Trinajstić information content (AvgIpc) is 2.19. The molecule has 1 heterocycles. The fraction of sp³-hybridized carbons (Fsp3) is 0.600. The minimum absolute atomic E-state index is 0.764. The van der Waals surface area contributed by atoms with E-state index in [1.807, 2.05) is 19.3 Å². The lowest BCUT2D eigenvalue weighted by molar-refractivity contribution is 0.194. The Morgan fingerprint density at radius 1 is 1.50 bits per heavy atom. The lowest BCUT2D eigenvalue weighted by Crippen LogP contribution is -2.09. The van der Waals surface area contributed by atoms with E-state index < -0.39 is 0 Å². The summed E-state index contributed by atoms with van der Waals surface area (Å²) in [5, 5.41) is 3.06. The highest BCUT2D eigenvalue weighted by molar-refractivity contribution is 5.02. The van der Waals surface area contributed by atoms with E-state index in [2.05, 4.69) is 15.3 Å². The van der Waals surface area contributed by atoms with Gasteiger partial charge in [-0.1, -0.05) is 0 Å². The second kappa shape index (κ2) is 6.45. The quantitative estimate of drug-likeness (QED) is 0.681. The molecule has 0 bridgehead atoms. The molecular weight excluding hydrogens is 178 g/mol. The summed E-state index contributed by atoms with van der Waals surface area (Å²) >= 11 is 0. The van der Waals surface area contributed by atoms with E-state index in [1.165, 1.54) is 0 Å². The highest BCUT2D eigenvalue weighted by Crippen LogP contribution is 1.98. The lowest BCUT2D eigenvalue weighted by Gasteiger charge is -2.02. The summed E-state index contributed by atoms with van der Waals surface area (Å²) in [4.78, 5) is 8.60. The van der Waals surface area contributed by atoms with Gasteiger partial charge in [-0.2, -0.15) is 0 Å². The van der Waals surface area contributed by atoms with Crippen molar-refractivity contribution in [2.75, 3.05) is 20.8 Å². The Kier molecular flexibility index (Phi) is 5.11. The maximum absolute atomic E-state index is 4.97. The van der Waals surface area contributed by atoms with E-state index in [9.17, 15) is 0 Å². The van der Waals surface area contributed by atoms with Crippen LogP contribution in [0.1, 0.15) is 17.9 Å². The molecule has 0 aliphatic heterocycles. The Hall–Kier alpha value is -1.00. The van der Waals surface area contributed by atoms with Gasteiger partial charge in [-0.3, -0.25) is 0 Å². The summed E-state index contributed by atoms with van der Waals surface area (Å²) < 4.78 is 4.97. The first-order valence-corrected chi connectivity index (χ1v) is 4.81. The van der Waals surface area contributed by atoms with Gasteiger partial charge in [0.15, 0.2) is 0 Å². The fourth-order valence-electron chi connectivity index (χ4n) is 1.22. The van der Waals surface area contributed by atoms with Crippen LogP contribution in [0.5, 0.6) is 0 Å². The van der Waals surface area contributed by atoms with Crippen molar-refractivity contribution >= 4 is 0 Å². The Bertz CT molecular complexity index is 265. The predicted octanol–water partition coefficient (Wildman–Crippen LogP) is 0.775. The van der Waals surface area contributed by atoms with Gasteiger partial charge in [0.1, 0.15) is 5.82 Å². The minimum atomic E-state index is 0.764. The lowest BCUT2D eigenvalue weighted by atomic mass is 10.3. The molecule has 1 aromatic rings. The van der Waals surface area contributed by atoms with Crippen LogP contribution < -0.4 is 5.32 Å². The highest BCUT2D eigenvalue weighted by atomic mass is 16.5. The summed E-state index contributed by atoms with van der Waals surface area (Å²) in [6.07, 6.45) is 3.66. The third-order valence-corrected chi connectivity index (χ3v) is 1.87. The van der Waals surface area contributed by atoms with Crippen molar-refractivity contribution in [3.63, 3.8) is 0 Å². The minimum Gasteiger partial charge on any atom is -0.385 e. The van der Waals surface area contributed by atoms with Crippen LogP contribution in [0.2, 0.25) is 0 Å². The Labute approximate surface area is 84.7 Å². The molecule has 14 heavy (non-hydrogen) atoms. The van der Waals surface area contributed by atoms with Gasteiger partial charge in [-0.15, -0.1) is 0 Å². The monoisotopic (exact) mass is 195 g/mol. The Morgan fingerprint density at radius 3 is 3.07 bits per heavy atom. The molecule has 0 saturated carbocycles. The van der Waals surface area contributed by atoms with Crippen LogP contribution in [0.4, 0.5) is 0 Å². The van der Waals surface area contributed by atoms with E-state index in [0.717, 1.165) is 37.5 Å². The molecule has 4 heteroatoms. The average molecular weight is 195 g/mol. The number of ether oxygens (including phenoxy) is 1. The van der Waals surface area contributed by atoms with Crippen molar-refractivity contribution in [3.05, 3.63) is 23.8 Å². The first-order chi connectivity index (χ1) is 6.86. The van der Waals surface area contributed by atoms with Gasteiger partial charge in [0, 0.05) is 32.9 Å². The van der Waals surface area contributed by atoms with Crippen molar-refractivity contribution < 1.29 is 4.74 Å². The Morgan fingerprint density at radius 2 is 2.36 bits per heavy atom. The van der Waals surface area contributed by atoms with Gasteiger partial charge in [0.05, 0.1) is 5.69 Å². The zero-order valence-electron chi connectivity index (χ0n) is 8.79. The third kappa shape index (κ3) is 3.81. The number of methoxy groups -OCH3 is 1. The smallest absolute Gasteiger partial charge is 0.128 e. The van der Waals surface area contributed by atoms with Crippen LogP contribution in [0, 0.1) is 0 Å². The maximum atomic E-state index is 4.97. The molecule has 1 rings (SSSR count). The van der Waals surface area contributed by atoms with Crippen molar-refractivity contribution in [2.24, 2.45) is 0 Å². The molecule has 0 aliphatic carbocycles. The molecule has 1 aromatic heterocycles. The van der Waals surface area contributed by atoms with E-state index >= 15 is 0 Å². The molecular formula is C10H17N3O. The largest absolute Gasteiger partial charge is 0.385 e. The summed E-state index contributed by atoms with van der Waals surface area (Å²) in [5.41, 5.74) is 1.04. The fourth-order valence-corrected chi connectivity index (χ4v) is 1.22. The topological polar surface area (TPSA) is 47.0 Å². The normalized spacial score (nSPS) is 10.4. The van der Waals surface area contributed by atoms with E-state index in [0.29, 0.717) is 0 Å². The summed E-state index contributed by atoms with van der Waals surface area (Å²) in [6.45, 7) is 1.55. The van der Waals surface area contributed by atoms with Crippen molar-refractivity contribution in [1.29, 1.82) is 0 Å². The molecule has 0 spiro atoms. The zero-order valence-corrected chi connectivity index (χ0v) is 8.79. The molecule has 0 atom stereocenters.